The second-order valence-corrected chi connectivity index (χ2v) is 6.90. The van der Waals surface area contributed by atoms with Gasteiger partial charge in [-0.2, -0.15) is 0 Å². The van der Waals surface area contributed by atoms with Gasteiger partial charge in [0.15, 0.2) is 0 Å². The summed E-state index contributed by atoms with van der Waals surface area (Å²) >= 11 is 0. The highest BCUT2D eigenvalue weighted by molar-refractivity contribution is 7.77. The van der Waals surface area contributed by atoms with Crippen LogP contribution >= 0.6 is 7.92 Å². The summed E-state index contributed by atoms with van der Waals surface area (Å²) in [6.07, 6.45) is 0. The molecule has 112 valence electrons. The van der Waals surface area contributed by atoms with Crippen LogP contribution in [0.5, 0.6) is 5.75 Å². The van der Waals surface area contributed by atoms with E-state index in [1.165, 1.54) is 10.6 Å². The van der Waals surface area contributed by atoms with Crippen LogP contribution in [0.15, 0.2) is 84.9 Å². The standard InChI is InChI=1S/C21H17OP/c1-22-19-14-12-18(13-15-19)16-17-23(20-8-4-2-5-9-20)21-10-6-3-7-11-21/h2-15H,1H3. The topological polar surface area (TPSA) is 9.23 Å². The van der Waals surface area contributed by atoms with Crippen molar-refractivity contribution >= 4 is 18.5 Å². The lowest BCUT2D eigenvalue weighted by Gasteiger charge is -2.11. The molecule has 0 N–H and O–H groups in total. The highest BCUT2D eigenvalue weighted by Crippen LogP contribution is 2.31. The lowest BCUT2D eigenvalue weighted by atomic mass is 10.2. The molecule has 0 aliphatic rings. The molecule has 2 heteroatoms. The Morgan fingerprint density at radius 1 is 0.696 bits per heavy atom. The van der Waals surface area contributed by atoms with Crippen molar-refractivity contribution < 1.29 is 4.74 Å². The van der Waals surface area contributed by atoms with E-state index < -0.39 is 7.92 Å². The minimum absolute atomic E-state index is 0.678. The van der Waals surface area contributed by atoms with Crippen LogP contribution in [0.4, 0.5) is 0 Å². The number of hydrogen-bond donors (Lipinski definition) is 0. The Morgan fingerprint density at radius 2 is 1.22 bits per heavy atom. The molecule has 23 heavy (non-hydrogen) atoms. The quantitative estimate of drug-likeness (QED) is 0.521. The van der Waals surface area contributed by atoms with E-state index in [-0.39, 0.29) is 0 Å². The van der Waals surface area contributed by atoms with E-state index in [1.54, 1.807) is 7.11 Å². The number of ether oxygens (including phenoxy) is 1. The van der Waals surface area contributed by atoms with Crippen LogP contribution in [0.1, 0.15) is 5.56 Å². The van der Waals surface area contributed by atoms with Gasteiger partial charge < -0.3 is 4.74 Å². The zero-order valence-corrected chi connectivity index (χ0v) is 13.8. The number of benzene rings is 3. The second kappa shape index (κ2) is 7.63. The SMILES string of the molecule is COc1ccc(C#CP(c2ccccc2)c2ccccc2)cc1. The minimum atomic E-state index is -0.678. The Kier molecular flexibility index (Phi) is 5.09. The molecule has 0 amide bonds. The summed E-state index contributed by atoms with van der Waals surface area (Å²) in [5, 5.41) is 2.55. The first-order valence-corrected chi connectivity index (χ1v) is 8.77. The van der Waals surface area contributed by atoms with E-state index in [0.29, 0.717) is 0 Å². The lowest BCUT2D eigenvalue weighted by molar-refractivity contribution is 0.415. The van der Waals surface area contributed by atoms with Crippen molar-refractivity contribution in [2.45, 2.75) is 0 Å². The number of methoxy groups -OCH3 is 1. The third-order valence-electron chi connectivity index (χ3n) is 3.43. The molecule has 1 nitrogen and oxygen atoms in total. The summed E-state index contributed by atoms with van der Waals surface area (Å²) < 4.78 is 5.19. The van der Waals surface area contributed by atoms with Crippen LogP contribution in [0, 0.1) is 11.6 Å². The fraction of sp³-hybridized carbons (Fsp3) is 0.0476. The van der Waals surface area contributed by atoms with Gasteiger partial charge >= 0.3 is 0 Å². The fourth-order valence-electron chi connectivity index (χ4n) is 2.23. The van der Waals surface area contributed by atoms with E-state index in [2.05, 4.69) is 60.1 Å². The summed E-state index contributed by atoms with van der Waals surface area (Å²) in [6, 6.07) is 28.9. The summed E-state index contributed by atoms with van der Waals surface area (Å²) in [7, 11) is 0.993. The highest BCUT2D eigenvalue weighted by atomic mass is 31.1. The van der Waals surface area contributed by atoms with E-state index in [9.17, 15) is 0 Å². The van der Waals surface area contributed by atoms with Gasteiger partial charge in [-0.1, -0.05) is 72.2 Å². The van der Waals surface area contributed by atoms with E-state index in [0.717, 1.165) is 11.3 Å². The highest BCUT2D eigenvalue weighted by Gasteiger charge is 2.10. The van der Waals surface area contributed by atoms with Gasteiger partial charge in [0.1, 0.15) is 5.75 Å². The monoisotopic (exact) mass is 316 g/mol. The maximum Gasteiger partial charge on any atom is 0.118 e. The molecule has 0 atom stereocenters. The van der Waals surface area contributed by atoms with Gasteiger partial charge in [-0.3, -0.25) is 0 Å². The van der Waals surface area contributed by atoms with Crippen molar-refractivity contribution in [3.05, 3.63) is 90.5 Å². The van der Waals surface area contributed by atoms with Crippen LogP contribution in [0.2, 0.25) is 0 Å². The van der Waals surface area contributed by atoms with Crippen LogP contribution in [0.25, 0.3) is 0 Å². The van der Waals surface area contributed by atoms with Gasteiger partial charge in [-0.05, 0) is 34.9 Å². The van der Waals surface area contributed by atoms with E-state index in [4.69, 9.17) is 4.74 Å². The van der Waals surface area contributed by atoms with Crippen molar-refractivity contribution in [2.75, 3.05) is 7.11 Å². The lowest BCUT2D eigenvalue weighted by Crippen LogP contribution is -2.09. The molecule has 0 saturated heterocycles. The van der Waals surface area contributed by atoms with Crippen molar-refractivity contribution in [1.29, 1.82) is 0 Å². The molecule has 0 aromatic heterocycles. The second-order valence-electron chi connectivity index (χ2n) is 4.97. The first kappa shape index (κ1) is 15.3. The Bertz CT molecular complexity index is 760. The third kappa shape index (κ3) is 4.01. The molecule has 0 aliphatic heterocycles. The molecule has 0 radical (unpaired) electrons. The van der Waals surface area contributed by atoms with Gasteiger partial charge in [-0.15, -0.1) is 0 Å². The van der Waals surface area contributed by atoms with Gasteiger partial charge in [0.2, 0.25) is 0 Å². The average Bonchev–Trinajstić information content (AvgIpc) is 2.64. The molecule has 0 unspecified atom stereocenters. The fourth-order valence-corrected chi connectivity index (χ4v) is 3.96. The van der Waals surface area contributed by atoms with E-state index in [1.807, 2.05) is 36.4 Å². The molecule has 3 aromatic rings. The van der Waals surface area contributed by atoms with Crippen molar-refractivity contribution in [1.82, 2.24) is 0 Å². The van der Waals surface area contributed by atoms with Crippen LogP contribution < -0.4 is 15.3 Å². The van der Waals surface area contributed by atoms with Gasteiger partial charge in [0, 0.05) is 13.5 Å². The minimum Gasteiger partial charge on any atom is -0.497 e. The van der Waals surface area contributed by atoms with Crippen molar-refractivity contribution in [3.8, 4) is 17.3 Å². The molecule has 0 saturated carbocycles. The van der Waals surface area contributed by atoms with Crippen molar-refractivity contribution in [2.24, 2.45) is 0 Å². The molecule has 0 fully saturated rings. The zero-order chi connectivity index (χ0) is 15.9. The summed E-state index contributed by atoms with van der Waals surface area (Å²) in [5.74, 6) is 4.17. The van der Waals surface area contributed by atoms with Crippen molar-refractivity contribution in [3.63, 3.8) is 0 Å². The summed E-state index contributed by atoms with van der Waals surface area (Å²) in [5.41, 5.74) is 4.48. The van der Waals surface area contributed by atoms with Crippen LogP contribution in [-0.2, 0) is 0 Å². The normalized spacial score (nSPS) is 10.0. The Hall–Kier alpha value is -2.55. The molecule has 3 aromatic carbocycles. The predicted molar refractivity (Wildman–Crippen MR) is 98.9 cm³/mol. The Labute approximate surface area is 138 Å². The van der Waals surface area contributed by atoms with E-state index >= 15 is 0 Å². The molecule has 0 spiro atoms. The molecular weight excluding hydrogens is 299 g/mol. The van der Waals surface area contributed by atoms with Gasteiger partial charge in [0.05, 0.1) is 7.11 Å². The number of rotatable bonds is 3. The summed E-state index contributed by atoms with van der Waals surface area (Å²) in [6.45, 7) is 0. The molecule has 0 bridgehead atoms. The largest absolute Gasteiger partial charge is 0.497 e. The smallest absolute Gasteiger partial charge is 0.118 e. The molecular formula is C21H17OP. The van der Waals surface area contributed by atoms with Gasteiger partial charge in [-0.25, -0.2) is 0 Å². The summed E-state index contributed by atoms with van der Waals surface area (Å²) in [4.78, 5) is 0. The van der Waals surface area contributed by atoms with Crippen LogP contribution in [-0.4, -0.2) is 7.11 Å². The first-order chi connectivity index (χ1) is 11.4. The molecule has 3 rings (SSSR count). The maximum atomic E-state index is 5.19. The van der Waals surface area contributed by atoms with Crippen LogP contribution in [0.3, 0.4) is 0 Å². The molecule has 0 heterocycles. The average molecular weight is 316 g/mol. The molecule has 0 aliphatic carbocycles. The number of hydrogen-bond acceptors (Lipinski definition) is 1. The third-order valence-corrected chi connectivity index (χ3v) is 5.40. The first-order valence-electron chi connectivity index (χ1n) is 7.43. The Morgan fingerprint density at radius 3 is 1.70 bits per heavy atom. The maximum absolute atomic E-state index is 5.19. The predicted octanol–water partition coefficient (Wildman–Crippen LogP) is 4.14. The van der Waals surface area contributed by atoms with Gasteiger partial charge in [0.25, 0.3) is 0 Å². The zero-order valence-electron chi connectivity index (χ0n) is 12.9. The Balaban J connectivity index is 1.95.